The van der Waals surface area contributed by atoms with Crippen molar-refractivity contribution in [3.05, 3.63) is 30.1 Å². The Kier molecular flexibility index (Phi) is 4.52. The van der Waals surface area contributed by atoms with E-state index in [0.29, 0.717) is 12.8 Å². The Morgan fingerprint density at radius 3 is 2.95 bits per heavy atom. The molecule has 1 aromatic carbocycles. The van der Waals surface area contributed by atoms with Crippen LogP contribution in [0.4, 0.5) is 0 Å². The van der Waals surface area contributed by atoms with Gasteiger partial charge in [0.05, 0.1) is 23.7 Å². The molecule has 0 unspecified atom stereocenters. The highest BCUT2D eigenvalue weighted by atomic mass is 16.3. The van der Waals surface area contributed by atoms with Gasteiger partial charge in [0, 0.05) is 12.8 Å². The molecule has 0 saturated heterocycles. The van der Waals surface area contributed by atoms with Crippen LogP contribution in [-0.2, 0) is 11.2 Å². The summed E-state index contributed by atoms with van der Waals surface area (Å²) in [6.45, 7) is 1.91. The van der Waals surface area contributed by atoms with Crippen LogP contribution >= 0.6 is 0 Å². The number of imidazole rings is 1. The molecule has 0 spiro atoms. The van der Waals surface area contributed by atoms with E-state index < -0.39 is 0 Å². The maximum absolute atomic E-state index is 11.7. The second kappa shape index (κ2) is 6.33. The van der Waals surface area contributed by atoms with Crippen LogP contribution in [0, 0.1) is 0 Å². The number of hydrogen-bond acceptors (Lipinski definition) is 3. The first-order valence-electron chi connectivity index (χ1n) is 6.56. The summed E-state index contributed by atoms with van der Waals surface area (Å²) < 4.78 is 0. The smallest absolute Gasteiger partial charge is 0.220 e. The average Bonchev–Trinajstić information content (AvgIpc) is 2.85. The fraction of sp³-hybridized carbons (Fsp3) is 0.429. The molecule has 3 N–H and O–H groups in total. The number of aliphatic hydroxyl groups is 1. The Hall–Kier alpha value is -1.88. The molecule has 19 heavy (non-hydrogen) atoms. The molecule has 0 aliphatic heterocycles. The van der Waals surface area contributed by atoms with Crippen molar-refractivity contribution in [2.24, 2.45) is 0 Å². The lowest BCUT2D eigenvalue weighted by molar-refractivity contribution is -0.122. The van der Waals surface area contributed by atoms with E-state index in [-0.39, 0.29) is 18.6 Å². The minimum Gasteiger partial charge on any atom is -0.394 e. The van der Waals surface area contributed by atoms with Gasteiger partial charge in [-0.25, -0.2) is 4.98 Å². The fourth-order valence-corrected chi connectivity index (χ4v) is 1.93. The van der Waals surface area contributed by atoms with Crippen LogP contribution in [0.5, 0.6) is 0 Å². The highest BCUT2D eigenvalue weighted by Gasteiger charge is 2.10. The third kappa shape index (κ3) is 3.54. The summed E-state index contributed by atoms with van der Waals surface area (Å²) in [5.41, 5.74) is 1.90. The lowest BCUT2D eigenvalue weighted by Gasteiger charge is -2.13. The van der Waals surface area contributed by atoms with Crippen LogP contribution < -0.4 is 5.32 Å². The first-order valence-corrected chi connectivity index (χ1v) is 6.56. The zero-order valence-electron chi connectivity index (χ0n) is 11.0. The molecule has 1 aromatic heterocycles. The van der Waals surface area contributed by atoms with E-state index in [0.717, 1.165) is 23.3 Å². The first kappa shape index (κ1) is 13.5. The van der Waals surface area contributed by atoms with Gasteiger partial charge in [-0.3, -0.25) is 4.79 Å². The number of amides is 1. The van der Waals surface area contributed by atoms with E-state index in [2.05, 4.69) is 15.3 Å². The van der Waals surface area contributed by atoms with E-state index in [9.17, 15) is 4.79 Å². The normalized spacial score (nSPS) is 12.5. The molecule has 1 atom stereocenters. The predicted octanol–water partition coefficient (Wildman–Crippen LogP) is 1.38. The number of carbonyl (C=O) groups excluding carboxylic acids is 1. The van der Waals surface area contributed by atoms with Crippen LogP contribution in [0.3, 0.4) is 0 Å². The van der Waals surface area contributed by atoms with E-state index in [1.165, 1.54) is 0 Å². The van der Waals surface area contributed by atoms with Gasteiger partial charge in [0.15, 0.2) is 0 Å². The molecule has 0 aliphatic carbocycles. The molecule has 0 fully saturated rings. The number of nitrogens with one attached hydrogen (secondary N) is 2. The number of rotatable bonds is 6. The molecule has 102 valence electrons. The molecule has 0 saturated carbocycles. The number of hydrogen-bond donors (Lipinski definition) is 3. The maximum atomic E-state index is 11.7. The Balaban J connectivity index is 1.89. The Morgan fingerprint density at radius 1 is 1.47 bits per heavy atom. The van der Waals surface area contributed by atoms with Gasteiger partial charge in [-0.15, -0.1) is 0 Å². The third-order valence-corrected chi connectivity index (χ3v) is 3.11. The summed E-state index contributed by atoms with van der Waals surface area (Å²) in [5.74, 6) is 0.759. The predicted molar refractivity (Wildman–Crippen MR) is 73.7 cm³/mol. The van der Waals surface area contributed by atoms with Gasteiger partial charge < -0.3 is 15.4 Å². The number of carbonyl (C=O) groups is 1. The molecule has 0 bridgehead atoms. The van der Waals surface area contributed by atoms with Crippen molar-refractivity contribution < 1.29 is 9.90 Å². The molecule has 1 amide bonds. The molecule has 2 aromatic rings. The fourth-order valence-electron chi connectivity index (χ4n) is 1.93. The van der Waals surface area contributed by atoms with Crippen molar-refractivity contribution in [1.29, 1.82) is 0 Å². The molecule has 5 nitrogen and oxygen atoms in total. The van der Waals surface area contributed by atoms with Crippen LogP contribution in [0.25, 0.3) is 11.0 Å². The summed E-state index contributed by atoms with van der Waals surface area (Å²) in [7, 11) is 0. The van der Waals surface area contributed by atoms with Gasteiger partial charge in [-0.05, 0) is 18.6 Å². The number of aromatic nitrogens is 2. The van der Waals surface area contributed by atoms with Gasteiger partial charge >= 0.3 is 0 Å². The molecule has 5 heteroatoms. The topological polar surface area (TPSA) is 78.0 Å². The highest BCUT2D eigenvalue weighted by Crippen LogP contribution is 2.11. The van der Waals surface area contributed by atoms with Gasteiger partial charge in [-0.1, -0.05) is 19.1 Å². The Bertz CT molecular complexity index is 513. The second-order valence-corrected chi connectivity index (χ2v) is 4.56. The maximum Gasteiger partial charge on any atom is 0.220 e. The van der Waals surface area contributed by atoms with Crippen molar-refractivity contribution in [2.75, 3.05) is 6.61 Å². The van der Waals surface area contributed by atoms with Gasteiger partial charge in [0.1, 0.15) is 5.82 Å². The number of para-hydroxylation sites is 2. The second-order valence-electron chi connectivity index (χ2n) is 4.56. The minimum atomic E-state index is -0.150. The number of aryl methyl sites for hydroxylation is 1. The number of aliphatic hydroxyl groups excluding tert-OH is 1. The number of nitrogens with zero attached hydrogens (tertiary/aromatic N) is 1. The quantitative estimate of drug-likeness (QED) is 0.735. The van der Waals surface area contributed by atoms with Gasteiger partial charge in [0.25, 0.3) is 0 Å². The van der Waals surface area contributed by atoms with Gasteiger partial charge in [-0.2, -0.15) is 0 Å². The van der Waals surface area contributed by atoms with Crippen molar-refractivity contribution >= 4 is 16.9 Å². The molecule has 0 radical (unpaired) electrons. The summed E-state index contributed by atoms with van der Waals surface area (Å²) in [6.07, 6.45) is 1.67. The molecule has 2 rings (SSSR count). The summed E-state index contributed by atoms with van der Waals surface area (Å²) in [6, 6.07) is 7.64. The molecule has 0 aliphatic rings. The van der Waals surface area contributed by atoms with Crippen LogP contribution in [0.2, 0.25) is 0 Å². The molecular formula is C14H19N3O2. The van der Waals surface area contributed by atoms with E-state index in [1.807, 2.05) is 31.2 Å². The van der Waals surface area contributed by atoms with Crippen molar-refractivity contribution in [3.8, 4) is 0 Å². The van der Waals surface area contributed by atoms with Crippen molar-refractivity contribution in [2.45, 2.75) is 32.2 Å². The van der Waals surface area contributed by atoms with Crippen LogP contribution in [-0.4, -0.2) is 33.6 Å². The highest BCUT2D eigenvalue weighted by molar-refractivity contribution is 5.77. The monoisotopic (exact) mass is 261 g/mol. The number of benzene rings is 1. The Morgan fingerprint density at radius 2 is 2.26 bits per heavy atom. The molecular weight excluding hydrogens is 242 g/mol. The van der Waals surface area contributed by atoms with E-state index in [4.69, 9.17) is 5.11 Å². The minimum absolute atomic E-state index is 0.0210. The number of aromatic amines is 1. The van der Waals surface area contributed by atoms with Crippen LogP contribution in [0.15, 0.2) is 24.3 Å². The zero-order valence-corrected chi connectivity index (χ0v) is 11.0. The summed E-state index contributed by atoms with van der Waals surface area (Å²) >= 11 is 0. The number of fused-ring (bicyclic) bond motifs is 1. The molecule has 1 heterocycles. The zero-order chi connectivity index (χ0) is 13.7. The van der Waals surface area contributed by atoms with Crippen LogP contribution in [0.1, 0.15) is 25.6 Å². The van der Waals surface area contributed by atoms with Crippen molar-refractivity contribution in [1.82, 2.24) is 15.3 Å². The SMILES string of the molecule is CC[C@H](CO)NC(=O)CCc1nc2ccccc2[nH]1. The third-order valence-electron chi connectivity index (χ3n) is 3.11. The largest absolute Gasteiger partial charge is 0.394 e. The number of H-pyrrole nitrogens is 1. The van der Waals surface area contributed by atoms with E-state index in [1.54, 1.807) is 0 Å². The lowest BCUT2D eigenvalue weighted by atomic mass is 10.2. The lowest BCUT2D eigenvalue weighted by Crippen LogP contribution is -2.37. The summed E-state index contributed by atoms with van der Waals surface area (Å²) in [4.78, 5) is 19.3. The summed E-state index contributed by atoms with van der Waals surface area (Å²) in [5, 5.41) is 11.8. The average molecular weight is 261 g/mol. The van der Waals surface area contributed by atoms with Gasteiger partial charge in [0.2, 0.25) is 5.91 Å². The standard InChI is InChI=1S/C14H19N3O2/c1-2-10(9-18)15-14(19)8-7-13-16-11-5-3-4-6-12(11)17-13/h3-6,10,18H,2,7-9H2,1H3,(H,15,19)(H,16,17)/t10-/m1/s1. The van der Waals surface area contributed by atoms with Crippen molar-refractivity contribution in [3.63, 3.8) is 0 Å². The first-order chi connectivity index (χ1) is 9.22. The van der Waals surface area contributed by atoms with E-state index >= 15 is 0 Å². The Labute approximate surface area is 112 Å².